The summed E-state index contributed by atoms with van der Waals surface area (Å²) < 4.78 is 10.8. The van der Waals surface area contributed by atoms with E-state index in [9.17, 15) is 4.79 Å². The van der Waals surface area contributed by atoms with Crippen molar-refractivity contribution in [3.63, 3.8) is 0 Å². The lowest BCUT2D eigenvalue weighted by Gasteiger charge is -2.33. The molecule has 146 valence electrons. The molecule has 0 aliphatic carbocycles. The third kappa shape index (κ3) is 4.99. The van der Waals surface area contributed by atoms with Gasteiger partial charge in [-0.05, 0) is 51.7 Å². The Kier molecular flexibility index (Phi) is 5.68. The lowest BCUT2D eigenvalue weighted by Crippen LogP contribution is -2.42. The number of ether oxygens (including phenoxy) is 2. The molecule has 0 bridgehead atoms. The summed E-state index contributed by atoms with van der Waals surface area (Å²) in [4.78, 5) is 23.1. The summed E-state index contributed by atoms with van der Waals surface area (Å²) in [5, 5.41) is 3.38. The summed E-state index contributed by atoms with van der Waals surface area (Å²) in [6.45, 7) is 7.85. The number of amides is 1. The van der Waals surface area contributed by atoms with E-state index < -0.39 is 5.60 Å². The molecule has 7 nitrogen and oxygen atoms in total. The number of carbonyl (C=O) groups excluding carboxylic acids is 1. The van der Waals surface area contributed by atoms with Gasteiger partial charge in [0.2, 0.25) is 0 Å². The van der Waals surface area contributed by atoms with E-state index in [4.69, 9.17) is 9.47 Å². The number of hydrogen-bond acceptors (Lipinski definition) is 6. The number of piperidine rings is 1. The van der Waals surface area contributed by atoms with Crippen molar-refractivity contribution in [2.75, 3.05) is 32.1 Å². The Morgan fingerprint density at radius 2 is 1.81 bits per heavy atom. The molecular formula is C20H28N4O3. The molecule has 0 radical (unpaired) electrons. The van der Waals surface area contributed by atoms with Crippen LogP contribution in [0, 0.1) is 5.92 Å². The van der Waals surface area contributed by atoms with E-state index in [-0.39, 0.29) is 6.09 Å². The number of para-hydroxylation sites is 2. The van der Waals surface area contributed by atoms with Crippen molar-refractivity contribution in [1.82, 2.24) is 14.9 Å². The van der Waals surface area contributed by atoms with Crippen LogP contribution in [0.3, 0.4) is 0 Å². The number of fused-ring (bicyclic) bond motifs is 1. The van der Waals surface area contributed by atoms with Gasteiger partial charge in [-0.2, -0.15) is 0 Å². The van der Waals surface area contributed by atoms with Gasteiger partial charge in [0.15, 0.2) is 5.82 Å². The van der Waals surface area contributed by atoms with Crippen LogP contribution in [0.2, 0.25) is 0 Å². The molecule has 1 saturated heterocycles. The molecule has 0 spiro atoms. The van der Waals surface area contributed by atoms with Crippen LogP contribution in [-0.2, 0) is 4.74 Å². The average molecular weight is 372 g/mol. The number of nitrogens with zero attached hydrogens (tertiary/aromatic N) is 3. The largest absolute Gasteiger partial charge is 0.478 e. The first kappa shape index (κ1) is 19.2. The van der Waals surface area contributed by atoms with E-state index in [0.717, 1.165) is 30.4 Å². The second-order valence-corrected chi connectivity index (χ2v) is 7.86. The normalized spacial score (nSPS) is 15.6. The van der Waals surface area contributed by atoms with Crippen molar-refractivity contribution in [2.24, 2.45) is 5.92 Å². The third-order valence-corrected chi connectivity index (χ3v) is 4.56. The van der Waals surface area contributed by atoms with Gasteiger partial charge in [0.1, 0.15) is 5.60 Å². The molecule has 1 aliphatic rings. The maximum atomic E-state index is 12.2. The van der Waals surface area contributed by atoms with Gasteiger partial charge in [0.25, 0.3) is 5.88 Å². The zero-order valence-corrected chi connectivity index (χ0v) is 16.5. The number of anilines is 1. The molecule has 1 amide bonds. The van der Waals surface area contributed by atoms with Crippen molar-refractivity contribution < 1.29 is 14.3 Å². The Balaban J connectivity index is 1.56. The summed E-state index contributed by atoms with van der Waals surface area (Å²) in [7, 11) is 1.60. The Morgan fingerprint density at radius 3 is 2.41 bits per heavy atom. The van der Waals surface area contributed by atoms with Crippen LogP contribution in [0.4, 0.5) is 10.6 Å². The molecule has 1 aromatic carbocycles. The van der Waals surface area contributed by atoms with Crippen LogP contribution < -0.4 is 10.1 Å². The molecule has 2 heterocycles. The van der Waals surface area contributed by atoms with Crippen LogP contribution in [-0.4, -0.2) is 53.3 Å². The molecule has 1 aromatic heterocycles. The zero-order valence-electron chi connectivity index (χ0n) is 16.5. The molecule has 3 rings (SSSR count). The number of hydrogen-bond donors (Lipinski definition) is 1. The molecule has 1 N–H and O–H groups in total. The number of aromatic nitrogens is 2. The predicted octanol–water partition coefficient (Wildman–Crippen LogP) is 3.70. The van der Waals surface area contributed by atoms with E-state index >= 15 is 0 Å². The fourth-order valence-electron chi connectivity index (χ4n) is 3.13. The van der Waals surface area contributed by atoms with Gasteiger partial charge in [-0.3, -0.25) is 0 Å². The first-order valence-corrected chi connectivity index (χ1v) is 9.38. The SMILES string of the molecule is COc1nc2ccccc2nc1NCC1CCN(C(=O)OC(C)(C)C)CC1. The lowest BCUT2D eigenvalue weighted by molar-refractivity contribution is 0.0188. The van der Waals surface area contributed by atoms with Crippen LogP contribution in [0.25, 0.3) is 11.0 Å². The molecule has 27 heavy (non-hydrogen) atoms. The summed E-state index contributed by atoms with van der Waals surface area (Å²) in [6, 6.07) is 7.73. The van der Waals surface area contributed by atoms with Crippen molar-refractivity contribution in [1.29, 1.82) is 0 Å². The fourth-order valence-corrected chi connectivity index (χ4v) is 3.13. The summed E-state index contributed by atoms with van der Waals surface area (Å²) in [5.74, 6) is 1.62. The minimum Gasteiger partial charge on any atom is -0.478 e. The fraction of sp³-hybridized carbons (Fsp3) is 0.550. The minimum atomic E-state index is -0.458. The molecular weight excluding hydrogens is 344 g/mol. The van der Waals surface area contributed by atoms with Gasteiger partial charge in [0, 0.05) is 19.6 Å². The first-order valence-electron chi connectivity index (χ1n) is 9.38. The topological polar surface area (TPSA) is 76.6 Å². The van der Waals surface area contributed by atoms with E-state index in [2.05, 4.69) is 15.3 Å². The average Bonchev–Trinajstić information content (AvgIpc) is 2.64. The molecule has 0 saturated carbocycles. The van der Waals surface area contributed by atoms with Crippen LogP contribution in [0.1, 0.15) is 33.6 Å². The number of nitrogens with one attached hydrogen (secondary N) is 1. The van der Waals surface area contributed by atoms with E-state index in [1.165, 1.54) is 0 Å². The number of likely N-dealkylation sites (tertiary alicyclic amines) is 1. The molecule has 0 atom stereocenters. The van der Waals surface area contributed by atoms with Gasteiger partial charge in [-0.15, -0.1) is 0 Å². The second-order valence-electron chi connectivity index (χ2n) is 7.86. The maximum Gasteiger partial charge on any atom is 0.410 e. The monoisotopic (exact) mass is 372 g/mol. The number of carbonyl (C=O) groups is 1. The Labute approximate surface area is 160 Å². The minimum absolute atomic E-state index is 0.226. The quantitative estimate of drug-likeness (QED) is 0.882. The highest BCUT2D eigenvalue weighted by molar-refractivity contribution is 5.77. The van der Waals surface area contributed by atoms with E-state index in [1.54, 1.807) is 12.0 Å². The molecule has 0 unspecified atom stereocenters. The standard InChI is InChI=1S/C20H28N4O3/c1-20(2,3)27-19(25)24-11-9-14(10-12-24)13-21-17-18(26-4)23-16-8-6-5-7-15(16)22-17/h5-8,14H,9-13H2,1-4H3,(H,21,22). The van der Waals surface area contributed by atoms with Crippen LogP contribution in [0.5, 0.6) is 5.88 Å². The van der Waals surface area contributed by atoms with Crippen molar-refractivity contribution in [3.05, 3.63) is 24.3 Å². The lowest BCUT2D eigenvalue weighted by atomic mass is 9.97. The number of rotatable bonds is 4. The van der Waals surface area contributed by atoms with Crippen molar-refractivity contribution in [2.45, 2.75) is 39.2 Å². The maximum absolute atomic E-state index is 12.2. The molecule has 1 fully saturated rings. The predicted molar refractivity (Wildman–Crippen MR) is 105 cm³/mol. The summed E-state index contributed by atoms with van der Waals surface area (Å²) in [6.07, 6.45) is 1.63. The second kappa shape index (κ2) is 7.98. The molecule has 2 aromatic rings. The Morgan fingerprint density at radius 1 is 1.19 bits per heavy atom. The van der Waals surface area contributed by atoms with Gasteiger partial charge in [0.05, 0.1) is 18.1 Å². The first-order chi connectivity index (χ1) is 12.9. The van der Waals surface area contributed by atoms with Crippen LogP contribution >= 0.6 is 0 Å². The summed E-state index contributed by atoms with van der Waals surface area (Å²) in [5.41, 5.74) is 1.19. The van der Waals surface area contributed by atoms with Gasteiger partial charge >= 0.3 is 6.09 Å². The van der Waals surface area contributed by atoms with E-state index in [1.807, 2.05) is 45.0 Å². The highest BCUT2D eigenvalue weighted by Crippen LogP contribution is 2.25. The third-order valence-electron chi connectivity index (χ3n) is 4.56. The Bertz CT molecular complexity index is 795. The number of benzene rings is 1. The van der Waals surface area contributed by atoms with Crippen molar-refractivity contribution in [3.8, 4) is 5.88 Å². The highest BCUT2D eigenvalue weighted by atomic mass is 16.6. The van der Waals surface area contributed by atoms with Gasteiger partial charge < -0.3 is 19.7 Å². The van der Waals surface area contributed by atoms with Gasteiger partial charge in [-0.25, -0.2) is 14.8 Å². The number of methoxy groups -OCH3 is 1. The molecule has 7 heteroatoms. The smallest absolute Gasteiger partial charge is 0.410 e. The Hall–Kier alpha value is -2.57. The molecule has 1 aliphatic heterocycles. The van der Waals surface area contributed by atoms with Crippen molar-refractivity contribution >= 4 is 22.9 Å². The summed E-state index contributed by atoms with van der Waals surface area (Å²) >= 11 is 0. The van der Waals surface area contributed by atoms with E-state index in [0.29, 0.717) is 30.7 Å². The highest BCUT2D eigenvalue weighted by Gasteiger charge is 2.27. The zero-order chi connectivity index (χ0) is 19.4. The van der Waals surface area contributed by atoms with Crippen LogP contribution in [0.15, 0.2) is 24.3 Å². The van der Waals surface area contributed by atoms with Gasteiger partial charge in [-0.1, -0.05) is 12.1 Å².